The number of nitrogens with zero attached hydrogens (tertiary/aromatic N) is 1. The van der Waals surface area contributed by atoms with Crippen LogP contribution in [0.25, 0.3) is 0 Å². The van der Waals surface area contributed by atoms with E-state index in [-0.39, 0.29) is 24.0 Å². The zero-order chi connectivity index (χ0) is 16.3. The van der Waals surface area contributed by atoms with Crippen molar-refractivity contribution in [2.45, 2.75) is 6.42 Å². The minimum Gasteiger partial charge on any atom is -0.497 e. The number of hydrogen-bond acceptors (Lipinski definition) is 4. The number of halogens is 1. The van der Waals surface area contributed by atoms with Gasteiger partial charge in [0, 0.05) is 18.5 Å². The summed E-state index contributed by atoms with van der Waals surface area (Å²) < 4.78 is 10.8. The molecule has 0 bridgehead atoms. The molecular formula is C17H24IN3O2S. The van der Waals surface area contributed by atoms with Crippen molar-refractivity contribution >= 4 is 41.3 Å². The highest BCUT2D eigenvalue weighted by molar-refractivity contribution is 14.0. The molecular weight excluding hydrogens is 437 g/mol. The van der Waals surface area contributed by atoms with Crippen molar-refractivity contribution in [3.05, 3.63) is 46.7 Å². The molecule has 0 spiro atoms. The average molecular weight is 461 g/mol. The van der Waals surface area contributed by atoms with Crippen molar-refractivity contribution in [3.8, 4) is 11.5 Å². The molecule has 2 N–H and O–H groups in total. The second-order valence-electron chi connectivity index (χ2n) is 4.78. The normalized spacial score (nSPS) is 10.7. The summed E-state index contributed by atoms with van der Waals surface area (Å²) in [5, 5.41) is 8.63. The fourth-order valence-electron chi connectivity index (χ4n) is 1.99. The number of aliphatic imine (C=N–C) groups is 1. The van der Waals surface area contributed by atoms with Gasteiger partial charge in [0.2, 0.25) is 0 Å². The van der Waals surface area contributed by atoms with Gasteiger partial charge in [0.05, 0.1) is 13.7 Å². The highest BCUT2D eigenvalue weighted by Gasteiger charge is 1.99. The average Bonchev–Trinajstić information content (AvgIpc) is 3.11. The van der Waals surface area contributed by atoms with Crippen molar-refractivity contribution in [2.75, 3.05) is 33.9 Å². The van der Waals surface area contributed by atoms with Crippen molar-refractivity contribution in [3.63, 3.8) is 0 Å². The SMILES string of the molecule is CN=C(NCCOc1ccc(OC)cc1)NCCc1cccs1.I. The van der Waals surface area contributed by atoms with Crippen LogP contribution in [0.2, 0.25) is 0 Å². The Kier molecular flexibility index (Phi) is 10.3. The molecule has 1 aromatic heterocycles. The maximum Gasteiger partial charge on any atom is 0.191 e. The van der Waals surface area contributed by atoms with Crippen molar-refractivity contribution in [1.82, 2.24) is 10.6 Å². The Balaban J connectivity index is 0.00000288. The zero-order valence-electron chi connectivity index (χ0n) is 14.0. The molecule has 0 radical (unpaired) electrons. The molecule has 0 saturated carbocycles. The summed E-state index contributed by atoms with van der Waals surface area (Å²) in [7, 11) is 3.42. The van der Waals surface area contributed by atoms with E-state index in [2.05, 4.69) is 33.1 Å². The summed E-state index contributed by atoms with van der Waals surface area (Å²) in [4.78, 5) is 5.57. The van der Waals surface area contributed by atoms with Crippen molar-refractivity contribution < 1.29 is 9.47 Å². The Bertz CT molecular complexity index is 588. The standard InChI is InChI=1S/C17H23N3O2S.HI/c1-18-17(19-10-9-16-4-3-13-23-16)20-11-12-22-15-7-5-14(21-2)6-8-15;/h3-8,13H,9-12H2,1-2H3,(H2,18,19,20);1H. The van der Waals surface area contributed by atoms with Gasteiger partial charge in [0.25, 0.3) is 0 Å². The van der Waals surface area contributed by atoms with E-state index in [1.807, 2.05) is 24.3 Å². The van der Waals surface area contributed by atoms with Gasteiger partial charge in [-0.3, -0.25) is 4.99 Å². The van der Waals surface area contributed by atoms with Gasteiger partial charge in [-0.15, -0.1) is 35.3 Å². The fourth-order valence-corrected chi connectivity index (χ4v) is 2.70. The lowest BCUT2D eigenvalue weighted by atomic mass is 10.3. The van der Waals surface area contributed by atoms with Crippen molar-refractivity contribution in [1.29, 1.82) is 0 Å². The smallest absolute Gasteiger partial charge is 0.191 e. The van der Waals surface area contributed by atoms with E-state index < -0.39 is 0 Å². The molecule has 0 atom stereocenters. The number of guanidine groups is 1. The number of hydrogen-bond donors (Lipinski definition) is 2. The molecule has 0 saturated heterocycles. The van der Waals surface area contributed by atoms with E-state index in [1.54, 1.807) is 25.5 Å². The molecule has 7 heteroatoms. The molecule has 1 heterocycles. The summed E-state index contributed by atoms with van der Waals surface area (Å²) in [6.07, 6.45) is 1.00. The molecule has 2 aromatic rings. The third-order valence-corrected chi connectivity index (χ3v) is 4.13. The first-order chi connectivity index (χ1) is 11.3. The fraction of sp³-hybridized carbons (Fsp3) is 0.353. The van der Waals surface area contributed by atoms with Crippen LogP contribution in [0.4, 0.5) is 0 Å². The second kappa shape index (κ2) is 12.0. The van der Waals surface area contributed by atoms with Gasteiger partial charge in [-0.2, -0.15) is 0 Å². The zero-order valence-corrected chi connectivity index (χ0v) is 17.1. The molecule has 0 aliphatic rings. The van der Waals surface area contributed by atoms with Crippen LogP contribution < -0.4 is 20.1 Å². The van der Waals surface area contributed by atoms with Gasteiger partial charge in [-0.05, 0) is 42.1 Å². The Morgan fingerprint density at radius 3 is 2.42 bits per heavy atom. The van der Waals surface area contributed by atoms with Crippen LogP contribution in [-0.2, 0) is 6.42 Å². The number of thiophene rings is 1. The van der Waals surface area contributed by atoms with E-state index in [4.69, 9.17) is 9.47 Å². The van der Waals surface area contributed by atoms with Gasteiger partial charge < -0.3 is 20.1 Å². The molecule has 0 unspecified atom stereocenters. The van der Waals surface area contributed by atoms with Crippen LogP contribution in [0.5, 0.6) is 11.5 Å². The third kappa shape index (κ3) is 7.39. The highest BCUT2D eigenvalue weighted by atomic mass is 127. The van der Waals surface area contributed by atoms with E-state index in [9.17, 15) is 0 Å². The summed E-state index contributed by atoms with van der Waals surface area (Å²) in [6.45, 7) is 2.11. The molecule has 0 amide bonds. The second-order valence-corrected chi connectivity index (χ2v) is 5.81. The number of nitrogens with one attached hydrogen (secondary N) is 2. The molecule has 24 heavy (non-hydrogen) atoms. The molecule has 0 aliphatic carbocycles. The summed E-state index contributed by atoms with van der Waals surface area (Å²) >= 11 is 1.77. The summed E-state index contributed by atoms with van der Waals surface area (Å²) in [5.74, 6) is 2.44. The largest absolute Gasteiger partial charge is 0.497 e. The molecule has 1 aromatic carbocycles. The lowest BCUT2D eigenvalue weighted by molar-refractivity contribution is 0.321. The minimum absolute atomic E-state index is 0. The van der Waals surface area contributed by atoms with Crippen molar-refractivity contribution in [2.24, 2.45) is 4.99 Å². The first-order valence-corrected chi connectivity index (χ1v) is 8.43. The lowest BCUT2D eigenvalue weighted by Gasteiger charge is -2.12. The Morgan fingerprint density at radius 1 is 1.08 bits per heavy atom. The van der Waals surface area contributed by atoms with Gasteiger partial charge in [-0.1, -0.05) is 6.07 Å². The molecule has 0 fully saturated rings. The molecule has 2 rings (SSSR count). The topological polar surface area (TPSA) is 54.9 Å². The Hall–Kier alpha value is -1.48. The van der Waals surface area contributed by atoms with Crippen LogP contribution in [0.1, 0.15) is 4.88 Å². The molecule has 132 valence electrons. The number of methoxy groups -OCH3 is 1. The van der Waals surface area contributed by atoms with E-state index in [0.717, 1.165) is 30.4 Å². The minimum atomic E-state index is 0. The van der Waals surface area contributed by atoms with Crippen LogP contribution in [0.3, 0.4) is 0 Å². The Morgan fingerprint density at radius 2 is 1.79 bits per heavy atom. The first-order valence-electron chi connectivity index (χ1n) is 7.55. The predicted molar refractivity (Wildman–Crippen MR) is 111 cm³/mol. The monoisotopic (exact) mass is 461 g/mol. The maximum absolute atomic E-state index is 5.66. The highest BCUT2D eigenvalue weighted by Crippen LogP contribution is 2.16. The molecule has 0 aliphatic heterocycles. The van der Waals surface area contributed by atoms with Gasteiger partial charge in [-0.25, -0.2) is 0 Å². The van der Waals surface area contributed by atoms with Gasteiger partial charge in [0.15, 0.2) is 5.96 Å². The van der Waals surface area contributed by atoms with Crippen LogP contribution >= 0.6 is 35.3 Å². The summed E-state index contributed by atoms with van der Waals surface area (Å²) in [5.41, 5.74) is 0. The van der Waals surface area contributed by atoms with E-state index >= 15 is 0 Å². The van der Waals surface area contributed by atoms with Crippen LogP contribution in [0.15, 0.2) is 46.8 Å². The quantitative estimate of drug-likeness (QED) is 0.275. The Labute approximate surface area is 164 Å². The van der Waals surface area contributed by atoms with Gasteiger partial charge >= 0.3 is 0 Å². The van der Waals surface area contributed by atoms with Crippen LogP contribution in [-0.4, -0.2) is 39.8 Å². The van der Waals surface area contributed by atoms with E-state index in [1.165, 1.54) is 4.88 Å². The van der Waals surface area contributed by atoms with Crippen LogP contribution in [0, 0.1) is 0 Å². The number of benzene rings is 1. The molecule has 5 nitrogen and oxygen atoms in total. The maximum atomic E-state index is 5.66. The predicted octanol–water partition coefficient (Wildman–Crippen LogP) is 3.16. The van der Waals surface area contributed by atoms with E-state index in [0.29, 0.717) is 13.2 Å². The van der Waals surface area contributed by atoms with Gasteiger partial charge in [0.1, 0.15) is 18.1 Å². The number of rotatable bonds is 8. The third-order valence-electron chi connectivity index (χ3n) is 3.19. The lowest BCUT2D eigenvalue weighted by Crippen LogP contribution is -2.40. The first kappa shape index (κ1) is 20.6. The summed E-state index contributed by atoms with van der Waals surface area (Å²) in [6, 6.07) is 11.8. The number of ether oxygens (including phenoxy) is 2.